The van der Waals surface area contributed by atoms with Gasteiger partial charge in [0, 0.05) is 12.0 Å². The molecule has 3 nitrogen and oxygen atoms in total. The molecule has 1 aromatic rings. The molecule has 1 aromatic carbocycles. The Hall–Kier alpha value is -1.35. The summed E-state index contributed by atoms with van der Waals surface area (Å²) in [4.78, 5) is 13.7. The quantitative estimate of drug-likeness (QED) is 0.750. The van der Waals surface area contributed by atoms with Crippen LogP contribution in [0.5, 0.6) is 5.75 Å². The monoisotopic (exact) mass is 207 g/mol. The molecule has 1 rings (SSSR count). The Bertz CT molecular complexity index is 317. The van der Waals surface area contributed by atoms with E-state index in [1.807, 2.05) is 14.1 Å². The van der Waals surface area contributed by atoms with Gasteiger partial charge < -0.3 is 10.0 Å². The van der Waals surface area contributed by atoms with Crippen molar-refractivity contribution in [3.8, 4) is 5.75 Å². The second kappa shape index (κ2) is 5.51. The van der Waals surface area contributed by atoms with Gasteiger partial charge in [0.05, 0.1) is 0 Å². The molecule has 0 spiro atoms. The molecule has 1 N–H and O–H groups in total. The summed E-state index contributed by atoms with van der Waals surface area (Å²) in [7, 11) is 3.98. The van der Waals surface area contributed by atoms with Crippen LogP contribution in [-0.4, -0.2) is 36.4 Å². The van der Waals surface area contributed by atoms with Gasteiger partial charge in [-0.25, -0.2) is 0 Å². The molecular formula is C12H17NO2. The molecule has 0 heterocycles. The van der Waals surface area contributed by atoms with Gasteiger partial charge in [-0.15, -0.1) is 0 Å². The molecule has 15 heavy (non-hydrogen) atoms. The fourth-order valence-electron chi connectivity index (χ4n) is 1.35. The topological polar surface area (TPSA) is 40.5 Å². The molecule has 0 amide bonds. The molecule has 0 aliphatic heterocycles. The second-order valence-electron chi connectivity index (χ2n) is 3.88. The molecule has 0 aromatic heterocycles. The minimum absolute atomic E-state index is 0.136. The van der Waals surface area contributed by atoms with E-state index in [2.05, 4.69) is 4.90 Å². The molecule has 0 saturated heterocycles. The van der Waals surface area contributed by atoms with Crippen molar-refractivity contribution in [2.45, 2.75) is 12.8 Å². The number of benzene rings is 1. The summed E-state index contributed by atoms with van der Waals surface area (Å²) in [6.45, 7) is 0.920. The molecule has 3 heteroatoms. The van der Waals surface area contributed by atoms with Crippen molar-refractivity contribution in [1.82, 2.24) is 4.90 Å². The molecule has 0 fully saturated rings. The van der Waals surface area contributed by atoms with Crippen molar-refractivity contribution in [2.24, 2.45) is 0 Å². The molecule has 0 saturated carbocycles. The summed E-state index contributed by atoms with van der Waals surface area (Å²) < 4.78 is 0. The van der Waals surface area contributed by atoms with Crippen LogP contribution in [-0.2, 0) is 0 Å². The number of ketones is 1. The molecule has 0 aliphatic rings. The van der Waals surface area contributed by atoms with Crippen molar-refractivity contribution >= 4 is 5.78 Å². The third-order valence-corrected chi connectivity index (χ3v) is 2.20. The van der Waals surface area contributed by atoms with E-state index in [0.717, 1.165) is 13.0 Å². The highest BCUT2D eigenvalue weighted by Crippen LogP contribution is 2.11. The maximum absolute atomic E-state index is 11.6. The van der Waals surface area contributed by atoms with Crippen molar-refractivity contribution in [1.29, 1.82) is 0 Å². The third-order valence-electron chi connectivity index (χ3n) is 2.20. The van der Waals surface area contributed by atoms with Gasteiger partial charge in [0.25, 0.3) is 0 Å². The second-order valence-corrected chi connectivity index (χ2v) is 3.88. The smallest absolute Gasteiger partial charge is 0.162 e. The van der Waals surface area contributed by atoms with E-state index >= 15 is 0 Å². The number of phenolic OH excluding ortho intramolecular Hbond substituents is 1. The first-order valence-corrected chi connectivity index (χ1v) is 5.06. The van der Waals surface area contributed by atoms with Crippen LogP contribution in [0.15, 0.2) is 24.3 Å². The lowest BCUT2D eigenvalue weighted by molar-refractivity contribution is 0.0977. The Morgan fingerprint density at radius 1 is 1.27 bits per heavy atom. The van der Waals surface area contributed by atoms with Gasteiger partial charge in [-0.1, -0.05) is 0 Å². The van der Waals surface area contributed by atoms with Crippen molar-refractivity contribution < 1.29 is 9.90 Å². The molecule has 0 aliphatic carbocycles. The summed E-state index contributed by atoms with van der Waals surface area (Å²) in [5.41, 5.74) is 0.673. The van der Waals surface area contributed by atoms with Gasteiger partial charge in [0.1, 0.15) is 5.75 Å². The van der Waals surface area contributed by atoms with Gasteiger partial charge in [-0.05, 0) is 51.3 Å². The third kappa shape index (κ3) is 4.13. The first kappa shape index (κ1) is 11.7. The van der Waals surface area contributed by atoms with Crippen LogP contribution in [0.2, 0.25) is 0 Å². The van der Waals surface area contributed by atoms with Crippen LogP contribution in [0.25, 0.3) is 0 Å². The van der Waals surface area contributed by atoms with Crippen LogP contribution >= 0.6 is 0 Å². The maximum atomic E-state index is 11.6. The molecule has 82 valence electrons. The van der Waals surface area contributed by atoms with E-state index in [1.54, 1.807) is 24.3 Å². The van der Waals surface area contributed by atoms with Crippen molar-refractivity contribution in [3.63, 3.8) is 0 Å². The predicted octanol–water partition coefficient (Wildman–Crippen LogP) is 1.92. The summed E-state index contributed by atoms with van der Waals surface area (Å²) >= 11 is 0. The lowest BCUT2D eigenvalue weighted by Gasteiger charge is -2.08. The highest BCUT2D eigenvalue weighted by molar-refractivity contribution is 5.96. The van der Waals surface area contributed by atoms with Crippen molar-refractivity contribution in [2.75, 3.05) is 20.6 Å². The van der Waals surface area contributed by atoms with E-state index in [9.17, 15) is 4.79 Å². The fourth-order valence-corrected chi connectivity index (χ4v) is 1.35. The zero-order chi connectivity index (χ0) is 11.3. The summed E-state index contributed by atoms with van der Waals surface area (Å²) in [5, 5.41) is 9.07. The Kier molecular flexibility index (Phi) is 4.31. The van der Waals surface area contributed by atoms with E-state index in [4.69, 9.17) is 5.11 Å². The fraction of sp³-hybridized carbons (Fsp3) is 0.417. The van der Waals surface area contributed by atoms with E-state index in [1.165, 1.54) is 0 Å². The number of carbonyl (C=O) groups is 1. The summed E-state index contributed by atoms with van der Waals surface area (Å²) in [5.74, 6) is 0.330. The molecule has 0 radical (unpaired) electrons. The van der Waals surface area contributed by atoms with E-state index in [-0.39, 0.29) is 11.5 Å². The zero-order valence-corrected chi connectivity index (χ0v) is 9.23. The number of carbonyl (C=O) groups excluding carboxylic acids is 1. The minimum Gasteiger partial charge on any atom is -0.508 e. The van der Waals surface area contributed by atoms with Crippen LogP contribution in [0.1, 0.15) is 23.2 Å². The number of Topliss-reactive ketones (excluding diaryl/α,β-unsaturated/α-hetero) is 1. The maximum Gasteiger partial charge on any atom is 0.162 e. The van der Waals surface area contributed by atoms with Gasteiger partial charge in [-0.3, -0.25) is 4.79 Å². The molecular weight excluding hydrogens is 190 g/mol. The lowest BCUT2D eigenvalue weighted by Crippen LogP contribution is -2.14. The number of hydrogen-bond donors (Lipinski definition) is 1. The summed E-state index contributed by atoms with van der Waals surface area (Å²) in [6.07, 6.45) is 1.43. The average Bonchev–Trinajstić information content (AvgIpc) is 2.18. The molecule has 0 unspecified atom stereocenters. The number of phenols is 1. The van der Waals surface area contributed by atoms with E-state index < -0.39 is 0 Å². The summed E-state index contributed by atoms with van der Waals surface area (Å²) in [6, 6.07) is 6.40. The Balaban J connectivity index is 2.43. The van der Waals surface area contributed by atoms with Crippen LogP contribution in [0.3, 0.4) is 0 Å². The highest BCUT2D eigenvalue weighted by atomic mass is 16.3. The minimum atomic E-state index is 0.136. The average molecular weight is 207 g/mol. The number of rotatable bonds is 5. The number of aromatic hydroxyl groups is 1. The highest BCUT2D eigenvalue weighted by Gasteiger charge is 2.05. The van der Waals surface area contributed by atoms with Crippen LogP contribution < -0.4 is 0 Å². The number of hydrogen-bond acceptors (Lipinski definition) is 3. The van der Waals surface area contributed by atoms with Crippen molar-refractivity contribution in [3.05, 3.63) is 29.8 Å². The van der Waals surface area contributed by atoms with Gasteiger partial charge in [0.2, 0.25) is 0 Å². The first-order valence-electron chi connectivity index (χ1n) is 5.06. The van der Waals surface area contributed by atoms with E-state index in [0.29, 0.717) is 12.0 Å². The predicted molar refractivity (Wildman–Crippen MR) is 60.2 cm³/mol. The molecule has 0 atom stereocenters. The number of nitrogens with zero attached hydrogens (tertiary/aromatic N) is 1. The van der Waals surface area contributed by atoms with Gasteiger partial charge in [0.15, 0.2) is 5.78 Å². The Morgan fingerprint density at radius 2 is 1.87 bits per heavy atom. The largest absolute Gasteiger partial charge is 0.508 e. The van der Waals surface area contributed by atoms with Crippen LogP contribution in [0, 0.1) is 0 Å². The normalized spacial score (nSPS) is 10.6. The SMILES string of the molecule is CN(C)CCCC(=O)c1ccc(O)cc1. The standard InChI is InChI=1S/C12H17NO2/c1-13(2)9-3-4-12(15)10-5-7-11(14)8-6-10/h5-8,14H,3-4,9H2,1-2H3. The van der Waals surface area contributed by atoms with Gasteiger partial charge >= 0.3 is 0 Å². The zero-order valence-electron chi connectivity index (χ0n) is 9.23. The Morgan fingerprint density at radius 3 is 2.40 bits per heavy atom. The lowest BCUT2D eigenvalue weighted by atomic mass is 10.1. The Labute approximate surface area is 90.3 Å². The first-order chi connectivity index (χ1) is 7.09. The van der Waals surface area contributed by atoms with Crippen LogP contribution in [0.4, 0.5) is 0 Å². The van der Waals surface area contributed by atoms with Gasteiger partial charge in [-0.2, -0.15) is 0 Å². The molecule has 0 bridgehead atoms.